The maximum absolute atomic E-state index is 11.4. The second-order valence-corrected chi connectivity index (χ2v) is 9.13. The molecule has 2 aliphatic heterocycles. The number of hydrogen-bond donors (Lipinski definition) is 2. The number of nitrogens with zero attached hydrogens (tertiary/aromatic N) is 3. The van der Waals surface area contributed by atoms with Gasteiger partial charge in [0.2, 0.25) is 0 Å². The lowest BCUT2D eigenvalue weighted by Crippen LogP contribution is -2.29. The molecule has 144 valence electrons. The molecule has 0 unspecified atom stereocenters. The van der Waals surface area contributed by atoms with E-state index in [9.17, 15) is 4.79 Å². The topological polar surface area (TPSA) is 73.9 Å². The Balaban J connectivity index is 1.35. The van der Waals surface area contributed by atoms with E-state index in [2.05, 4.69) is 51.6 Å². The van der Waals surface area contributed by atoms with Crippen molar-refractivity contribution in [3.05, 3.63) is 56.8 Å². The van der Waals surface area contributed by atoms with Gasteiger partial charge in [-0.3, -0.25) is 9.69 Å². The third-order valence-electron chi connectivity index (χ3n) is 5.55. The van der Waals surface area contributed by atoms with Gasteiger partial charge in [0, 0.05) is 41.8 Å². The van der Waals surface area contributed by atoms with E-state index < -0.39 is 0 Å². The SMILES string of the molecule is C[C@H](c1ccc2c(c1)NCS2)N1CCc2ccc(-c3n[nH]c(=O)s3)nc2CC1. The largest absolute Gasteiger partial charge is 0.375 e. The van der Waals surface area contributed by atoms with E-state index in [1.807, 2.05) is 17.8 Å². The van der Waals surface area contributed by atoms with Gasteiger partial charge in [-0.05, 0) is 42.7 Å². The normalized spacial score (nSPS) is 17.5. The zero-order valence-electron chi connectivity index (χ0n) is 15.6. The standard InChI is InChI=1S/C20H21N5OS2/c1-12(14-3-5-18-17(10-14)21-11-27-18)25-8-6-13-2-4-16(22-15(13)7-9-25)19-23-24-20(26)28-19/h2-5,10,12,21H,6-9,11H2,1H3,(H,24,26)/t12-/m1/s1. The van der Waals surface area contributed by atoms with E-state index >= 15 is 0 Å². The molecule has 0 saturated heterocycles. The molecule has 28 heavy (non-hydrogen) atoms. The minimum Gasteiger partial charge on any atom is -0.375 e. The molecule has 2 aliphatic rings. The lowest BCUT2D eigenvalue weighted by molar-refractivity contribution is 0.221. The summed E-state index contributed by atoms with van der Waals surface area (Å²) in [7, 11) is 0. The third kappa shape index (κ3) is 3.36. The van der Waals surface area contributed by atoms with Crippen LogP contribution in [-0.4, -0.2) is 39.0 Å². The number of nitrogens with one attached hydrogen (secondary N) is 2. The summed E-state index contributed by atoms with van der Waals surface area (Å²) in [6.07, 6.45) is 1.90. The van der Waals surface area contributed by atoms with Gasteiger partial charge in [-0.15, -0.1) is 11.8 Å². The number of H-pyrrole nitrogens is 1. The summed E-state index contributed by atoms with van der Waals surface area (Å²) >= 11 is 2.97. The minimum absolute atomic E-state index is 0.144. The van der Waals surface area contributed by atoms with Gasteiger partial charge in [0.25, 0.3) is 0 Å². The second-order valence-electron chi connectivity index (χ2n) is 7.15. The van der Waals surface area contributed by atoms with Gasteiger partial charge in [0.15, 0.2) is 5.01 Å². The van der Waals surface area contributed by atoms with Crippen LogP contribution in [0.25, 0.3) is 10.7 Å². The highest BCUT2D eigenvalue weighted by atomic mass is 32.2. The van der Waals surface area contributed by atoms with E-state index in [0.29, 0.717) is 11.0 Å². The molecule has 2 N–H and O–H groups in total. The van der Waals surface area contributed by atoms with Crippen LogP contribution in [0.15, 0.2) is 40.0 Å². The van der Waals surface area contributed by atoms with Crippen LogP contribution in [-0.2, 0) is 12.8 Å². The van der Waals surface area contributed by atoms with Crippen LogP contribution in [0, 0.1) is 0 Å². The summed E-state index contributed by atoms with van der Waals surface area (Å²) in [6, 6.07) is 11.3. The predicted octanol–water partition coefficient (Wildman–Crippen LogP) is 3.53. The minimum atomic E-state index is -0.144. The van der Waals surface area contributed by atoms with Crippen LogP contribution >= 0.6 is 23.1 Å². The number of aromatic nitrogens is 3. The van der Waals surface area contributed by atoms with Crippen molar-refractivity contribution < 1.29 is 0 Å². The highest BCUT2D eigenvalue weighted by Gasteiger charge is 2.22. The Labute approximate surface area is 171 Å². The summed E-state index contributed by atoms with van der Waals surface area (Å²) in [5.41, 5.74) is 5.83. The number of thioether (sulfide) groups is 1. The predicted molar refractivity (Wildman–Crippen MR) is 114 cm³/mol. The average molecular weight is 412 g/mol. The van der Waals surface area contributed by atoms with Crippen molar-refractivity contribution in [1.82, 2.24) is 20.1 Å². The zero-order valence-corrected chi connectivity index (χ0v) is 17.2. The van der Waals surface area contributed by atoms with Crippen LogP contribution in [0.1, 0.15) is 29.8 Å². The van der Waals surface area contributed by atoms with Gasteiger partial charge < -0.3 is 5.32 Å². The van der Waals surface area contributed by atoms with Crippen LogP contribution in [0.2, 0.25) is 0 Å². The van der Waals surface area contributed by atoms with E-state index in [1.165, 1.54) is 21.7 Å². The monoisotopic (exact) mass is 411 g/mol. The first kappa shape index (κ1) is 17.9. The van der Waals surface area contributed by atoms with Crippen LogP contribution in [0.4, 0.5) is 5.69 Å². The van der Waals surface area contributed by atoms with E-state index in [1.54, 1.807) is 0 Å². The molecule has 0 bridgehead atoms. The number of anilines is 1. The molecule has 0 aliphatic carbocycles. The van der Waals surface area contributed by atoms with Gasteiger partial charge in [-0.1, -0.05) is 23.5 Å². The molecule has 5 rings (SSSR count). The summed E-state index contributed by atoms with van der Waals surface area (Å²) in [6.45, 7) is 4.28. The molecule has 0 spiro atoms. The third-order valence-corrected chi connectivity index (χ3v) is 7.28. The molecular weight excluding hydrogens is 390 g/mol. The Morgan fingerprint density at radius 3 is 2.93 bits per heavy atom. The summed E-state index contributed by atoms with van der Waals surface area (Å²) < 4.78 is 0. The number of hydrogen-bond acceptors (Lipinski definition) is 7. The fraction of sp³-hybridized carbons (Fsp3) is 0.350. The highest BCUT2D eigenvalue weighted by molar-refractivity contribution is 7.99. The Bertz CT molecular complexity index is 1080. The summed E-state index contributed by atoms with van der Waals surface area (Å²) in [5.74, 6) is 0.963. The lowest BCUT2D eigenvalue weighted by atomic mass is 10.1. The van der Waals surface area contributed by atoms with Gasteiger partial charge >= 0.3 is 4.87 Å². The van der Waals surface area contributed by atoms with E-state index in [4.69, 9.17) is 4.98 Å². The first-order valence-electron chi connectivity index (χ1n) is 9.47. The van der Waals surface area contributed by atoms with Gasteiger partial charge in [0.05, 0.1) is 5.88 Å². The summed E-state index contributed by atoms with van der Waals surface area (Å²) in [5, 5.41) is 10.7. The number of aromatic amines is 1. The molecule has 0 fully saturated rings. The van der Waals surface area contributed by atoms with Crippen LogP contribution in [0.3, 0.4) is 0 Å². The molecule has 3 aromatic rings. The van der Waals surface area contributed by atoms with Crippen molar-refractivity contribution in [3.8, 4) is 10.7 Å². The molecular formula is C20H21N5OS2. The van der Waals surface area contributed by atoms with Crippen molar-refractivity contribution in [2.24, 2.45) is 0 Å². The zero-order chi connectivity index (χ0) is 19.1. The molecule has 4 heterocycles. The Morgan fingerprint density at radius 1 is 1.18 bits per heavy atom. The van der Waals surface area contributed by atoms with Crippen molar-refractivity contribution in [3.63, 3.8) is 0 Å². The molecule has 1 aromatic carbocycles. The van der Waals surface area contributed by atoms with Crippen molar-refractivity contribution in [1.29, 1.82) is 0 Å². The van der Waals surface area contributed by atoms with Crippen LogP contribution < -0.4 is 10.2 Å². The molecule has 6 nitrogen and oxygen atoms in total. The number of benzene rings is 1. The highest BCUT2D eigenvalue weighted by Crippen LogP contribution is 2.36. The molecule has 8 heteroatoms. The van der Waals surface area contributed by atoms with Gasteiger partial charge in [0.1, 0.15) is 5.69 Å². The Kier molecular flexibility index (Phi) is 4.70. The fourth-order valence-electron chi connectivity index (χ4n) is 3.92. The Morgan fingerprint density at radius 2 is 2.07 bits per heavy atom. The van der Waals surface area contributed by atoms with Crippen molar-refractivity contribution in [2.45, 2.75) is 30.7 Å². The average Bonchev–Trinajstić information content (AvgIpc) is 3.30. The van der Waals surface area contributed by atoms with E-state index in [0.717, 1.165) is 54.5 Å². The first-order valence-corrected chi connectivity index (χ1v) is 11.3. The Hall–Kier alpha value is -2.16. The maximum Gasteiger partial charge on any atom is 0.322 e. The fourth-order valence-corrected chi connectivity index (χ4v) is 5.33. The van der Waals surface area contributed by atoms with Gasteiger partial charge in [-0.25, -0.2) is 10.1 Å². The van der Waals surface area contributed by atoms with Crippen molar-refractivity contribution in [2.75, 3.05) is 24.3 Å². The second kappa shape index (κ2) is 7.35. The molecule has 2 aromatic heterocycles. The first-order chi connectivity index (χ1) is 13.7. The van der Waals surface area contributed by atoms with Crippen molar-refractivity contribution >= 4 is 28.8 Å². The number of fused-ring (bicyclic) bond motifs is 2. The van der Waals surface area contributed by atoms with E-state index in [-0.39, 0.29) is 4.87 Å². The number of pyridine rings is 1. The summed E-state index contributed by atoms with van der Waals surface area (Å²) in [4.78, 5) is 20.0. The smallest absolute Gasteiger partial charge is 0.322 e. The molecule has 0 radical (unpaired) electrons. The van der Waals surface area contributed by atoms with Crippen LogP contribution in [0.5, 0.6) is 0 Å². The lowest BCUT2D eigenvalue weighted by Gasteiger charge is -2.28. The quantitative estimate of drug-likeness (QED) is 0.687. The molecule has 0 saturated carbocycles. The molecule has 1 atom stereocenters. The molecule has 0 amide bonds. The number of rotatable bonds is 3. The van der Waals surface area contributed by atoms with Gasteiger partial charge in [-0.2, -0.15) is 5.10 Å². The maximum atomic E-state index is 11.4.